The van der Waals surface area contributed by atoms with E-state index in [4.69, 9.17) is 0 Å². The molecule has 3 heteroatoms. The van der Waals surface area contributed by atoms with Gasteiger partial charge in [-0.3, -0.25) is 4.98 Å². The standard InChI is InChI=1S/C18H23N3/c1-21-11-9-15(10-12-21)16-7-8-18(19-13-16)14-20-17-5-3-2-4-6-17/h2-8,13,15,20H,9-12,14H2,1H3. The Morgan fingerprint density at radius 2 is 1.86 bits per heavy atom. The maximum absolute atomic E-state index is 4.61. The Morgan fingerprint density at radius 1 is 1.10 bits per heavy atom. The number of likely N-dealkylation sites (tertiary alicyclic amines) is 1. The summed E-state index contributed by atoms with van der Waals surface area (Å²) < 4.78 is 0. The molecule has 1 aliphatic rings. The lowest BCUT2D eigenvalue weighted by molar-refractivity contribution is 0.255. The molecule has 2 aromatic rings. The third-order valence-corrected chi connectivity index (χ3v) is 4.29. The van der Waals surface area contributed by atoms with Gasteiger partial charge in [-0.05, 0) is 62.7 Å². The van der Waals surface area contributed by atoms with Crippen molar-refractivity contribution in [1.82, 2.24) is 9.88 Å². The van der Waals surface area contributed by atoms with Crippen LogP contribution in [0.5, 0.6) is 0 Å². The predicted octanol–water partition coefficient (Wildman–Crippen LogP) is 3.50. The molecule has 1 saturated heterocycles. The Bertz CT molecular complexity index is 542. The molecule has 0 radical (unpaired) electrons. The van der Waals surface area contributed by atoms with E-state index in [9.17, 15) is 0 Å². The van der Waals surface area contributed by atoms with Crippen LogP contribution in [0.4, 0.5) is 5.69 Å². The van der Waals surface area contributed by atoms with Gasteiger partial charge < -0.3 is 10.2 Å². The first-order chi connectivity index (χ1) is 10.3. The van der Waals surface area contributed by atoms with Crippen molar-refractivity contribution in [3.63, 3.8) is 0 Å². The van der Waals surface area contributed by atoms with Gasteiger partial charge in [-0.1, -0.05) is 24.3 Å². The average Bonchev–Trinajstić information content (AvgIpc) is 2.55. The van der Waals surface area contributed by atoms with Crippen LogP contribution in [0.2, 0.25) is 0 Å². The van der Waals surface area contributed by atoms with Crippen LogP contribution in [-0.2, 0) is 6.54 Å². The maximum Gasteiger partial charge on any atom is 0.0594 e. The molecule has 1 aliphatic heterocycles. The van der Waals surface area contributed by atoms with Crippen LogP contribution < -0.4 is 5.32 Å². The fourth-order valence-corrected chi connectivity index (χ4v) is 2.87. The number of hydrogen-bond donors (Lipinski definition) is 1. The summed E-state index contributed by atoms with van der Waals surface area (Å²) in [5.41, 5.74) is 3.63. The normalized spacial score (nSPS) is 16.8. The molecule has 0 atom stereocenters. The van der Waals surface area contributed by atoms with Crippen LogP contribution in [0.15, 0.2) is 48.7 Å². The molecule has 3 rings (SSSR count). The molecule has 0 bridgehead atoms. The molecule has 0 saturated carbocycles. The number of aromatic nitrogens is 1. The first-order valence-electron chi connectivity index (χ1n) is 7.73. The number of pyridine rings is 1. The molecule has 21 heavy (non-hydrogen) atoms. The average molecular weight is 281 g/mol. The van der Waals surface area contributed by atoms with E-state index in [0.29, 0.717) is 5.92 Å². The van der Waals surface area contributed by atoms with Crippen molar-refractivity contribution >= 4 is 5.69 Å². The highest BCUT2D eigenvalue weighted by Gasteiger charge is 2.18. The fraction of sp³-hybridized carbons (Fsp3) is 0.389. The van der Waals surface area contributed by atoms with E-state index in [2.05, 4.69) is 52.7 Å². The number of nitrogens with zero attached hydrogens (tertiary/aromatic N) is 2. The Hall–Kier alpha value is -1.87. The Balaban J connectivity index is 1.57. The molecule has 1 aromatic carbocycles. The predicted molar refractivity (Wildman–Crippen MR) is 87.5 cm³/mol. The molecule has 3 nitrogen and oxygen atoms in total. The Morgan fingerprint density at radius 3 is 2.52 bits per heavy atom. The van der Waals surface area contributed by atoms with Gasteiger partial charge in [0.25, 0.3) is 0 Å². The third-order valence-electron chi connectivity index (χ3n) is 4.29. The van der Waals surface area contributed by atoms with Gasteiger partial charge in [-0.25, -0.2) is 0 Å². The summed E-state index contributed by atoms with van der Waals surface area (Å²) in [7, 11) is 2.20. The molecule has 0 amide bonds. The van der Waals surface area contributed by atoms with Gasteiger partial charge in [-0.2, -0.15) is 0 Å². The van der Waals surface area contributed by atoms with Gasteiger partial charge in [0, 0.05) is 11.9 Å². The monoisotopic (exact) mass is 281 g/mol. The molecule has 0 spiro atoms. The summed E-state index contributed by atoms with van der Waals surface area (Å²) in [6, 6.07) is 14.7. The van der Waals surface area contributed by atoms with Crippen molar-refractivity contribution in [1.29, 1.82) is 0 Å². The second-order valence-corrected chi connectivity index (χ2v) is 5.88. The van der Waals surface area contributed by atoms with Gasteiger partial charge in [0.05, 0.1) is 12.2 Å². The zero-order chi connectivity index (χ0) is 14.5. The quantitative estimate of drug-likeness (QED) is 0.929. The van der Waals surface area contributed by atoms with Crippen LogP contribution in [0.25, 0.3) is 0 Å². The van der Waals surface area contributed by atoms with Crippen LogP contribution in [0, 0.1) is 0 Å². The zero-order valence-electron chi connectivity index (χ0n) is 12.6. The lowest BCUT2D eigenvalue weighted by Crippen LogP contribution is -2.29. The number of piperidine rings is 1. The molecule has 0 unspecified atom stereocenters. The number of hydrogen-bond acceptors (Lipinski definition) is 3. The molecule has 1 aromatic heterocycles. The van der Waals surface area contributed by atoms with Crippen molar-refractivity contribution in [3.05, 3.63) is 59.9 Å². The van der Waals surface area contributed by atoms with Gasteiger partial charge in [-0.15, -0.1) is 0 Å². The van der Waals surface area contributed by atoms with Gasteiger partial charge in [0.15, 0.2) is 0 Å². The molecule has 2 heterocycles. The van der Waals surface area contributed by atoms with Crippen LogP contribution in [0.3, 0.4) is 0 Å². The minimum Gasteiger partial charge on any atom is -0.379 e. The first kappa shape index (κ1) is 14.1. The van der Waals surface area contributed by atoms with Crippen molar-refractivity contribution in [2.75, 3.05) is 25.5 Å². The first-order valence-corrected chi connectivity index (χ1v) is 7.73. The molecule has 1 N–H and O–H groups in total. The van der Waals surface area contributed by atoms with Crippen LogP contribution >= 0.6 is 0 Å². The lowest BCUT2D eigenvalue weighted by Gasteiger charge is -2.29. The van der Waals surface area contributed by atoms with Crippen molar-refractivity contribution in [2.24, 2.45) is 0 Å². The van der Waals surface area contributed by atoms with E-state index in [0.717, 1.165) is 17.9 Å². The second kappa shape index (κ2) is 6.72. The summed E-state index contributed by atoms with van der Waals surface area (Å²) in [5.74, 6) is 0.685. The summed E-state index contributed by atoms with van der Waals surface area (Å²) >= 11 is 0. The van der Waals surface area contributed by atoms with E-state index < -0.39 is 0 Å². The minimum atomic E-state index is 0.685. The number of para-hydroxylation sites is 1. The number of benzene rings is 1. The molecule has 110 valence electrons. The summed E-state index contributed by atoms with van der Waals surface area (Å²) in [4.78, 5) is 7.02. The van der Waals surface area contributed by atoms with E-state index >= 15 is 0 Å². The molecular weight excluding hydrogens is 258 g/mol. The third kappa shape index (κ3) is 3.82. The van der Waals surface area contributed by atoms with E-state index in [1.54, 1.807) is 0 Å². The second-order valence-electron chi connectivity index (χ2n) is 5.88. The maximum atomic E-state index is 4.61. The lowest BCUT2D eigenvalue weighted by atomic mass is 9.90. The van der Waals surface area contributed by atoms with E-state index in [1.807, 2.05) is 18.2 Å². The topological polar surface area (TPSA) is 28.2 Å². The van der Waals surface area contributed by atoms with Crippen molar-refractivity contribution < 1.29 is 0 Å². The molecular formula is C18H23N3. The van der Waals surface area contributed by atoms with Gasteiger partial charge >= 0.3 is 0 Å². The van der Waals surface area contributed by atoms with Crippen molar-refractivity contribution in [2.45, 2.75) is 25.3 Å². The number of nitrogens with one attached hydrogen (secondary N) is 1. The van der Waals surface area contributed by atoms with Crippen LogP contribution in [0.1, 0.15) is 30.0 Å². The highest BCUT2D eigenvalue weighted by atomic mass is 15.1. The zero-order valence-corrected chi connectivity index (χ0v) is 12.6. The van der Waals surface area contributed by atoms with E-state index in [1.165, 1.54) is 31.5 Å². The molecule has 0 aliphatic carbocycles. The van der Waals surface area contributed by atoms with Gasteiger partial charge in [0.1, 0.15) is 0 Å². The minimum absolute atomic E-state index is 0.685. The Kier molecular flexibility index (Phi) is 4.51. The van der Waals surface area contributed by atoms with Gasteiger partial charge in [0.2, 0.25) is 0 Å². The van der Waals surface area contributed by atoms with Crippen LogP contribution in [-0.4, -0.2) is 30.0 Å². The highest BCUT2D eigenvalue weighted by molar-refractivity contribution is 5.42. The summed E-state index contributed by atoms with van der Waals surface area (Å²) in [6.07, 6.45) is 4.57. The number of anilines is 1. The fourth-order valence-electron chi connectivity index (χ4n) is 2.87. The van der Waals surface area contributed by atoms with Crippen molar-refractivity contribution in [3.8, 4) is 0 Å². The summed E-state index contributed by atoms with van der Waals surface area (Å²) in [5, 5.41) is 3.40. The highest BCUT2D eigenvalue weighted by Crippen LogP contribution is 2.26. The molecule has 1 fully saturated rings. The summed E-state index contributed by atoms with van der Waals surface area (Å²) in [6.45, 7) is 3.17. The Labute approximate surface area is 127 Å². The number of rotatable bonds is 4. The smallest absolute Gasteiger partial charge is 0.0594 e. The largest absolute Gasteiger partial charge is 0.379 e. The van der Waals surface area contributed by atoms with E-state index in [-0.39, 0.29) is 0 Å². The SMILES string of the molecule is CN1CCC(c2ccc(CNc3ccccc3)nc2)CC1.